The van der Waals surface area contributed by atoms with Crippen molar-refractivity contribution in [1.82, 2.24) is 4.98 Å². The first-order valence-electron chi connectivity index (χ1n) is 8.11. The number of furan rings is 1. The molecular weight excluding hydrogens is 332 g/mol. The first kappa shape index (κ1) is 15.8. The van der Waals surface area contributed by atoms with Gasteiger partial charge in [0.2, 0.25) is 0 Å². The summed E-state index contributed by atoms with van der Waals surface area (Å²) in [4.78, 5) is 17.2. The number of hydrogen-bond acceptors (Lipinski definition) is 4. The Bertz CT molecular complexity index is 1140. The first-order chi connectivity index (χ1) is 11.9. The van der Waals surface area contributed by atoms with E-state index in [1.165, 1.54) is 16.9 Å². The number of nitrogens with zero attached hydrogens (tertiary/aromatic N) is 1. The van der Waals surface area contributed by atoms with Gasteiger partial charge >= 0.3 is 0 Å². The summed E-state index contributed by atoms with van der Waals surface area (Å²) >= 11 is 1.47. The summed E-state index contributed by atoms with van der Waals surface area (Å²) in [7, 11) is 0. The second kappa shape index (κ2) is 5.70. The van der Waals surface area contributed by atoms with Crippen molar-refractivity contribution in [2.45, 2.75) is 27.7 Å². The zero-order chi connectivity index (χ0) is 17.7. The van der Waals surface area contributed by atoms with Crippen molar-refractivity contribution in [1.29, 1.82) is 0 Å². The van der Waals surface area contributed by atoms with Crippen LogP contribution in [0.15, 0.2) is 34.7 Å². The number of aryl methyl sites for hydroxylation is 4. The predicted octanol–water partition coefficient (Wildman–Crippen LogP) is 5.53. The Balaban J connectivity index is 1.71. The highest BCUT2D eigenvalue weighted by Crippen LogP contribution is 2.31. The van der Waals surface area contributed by atoms with Crippen LogP contribution in [0.3, 0.4) is 0 Å². The van der Waals surface area contributed by atoms with E-state index < -0.39 is 0 Å². The summed E-state index contributed by atoms with van der Waals surface area (Å²) in [5.74, 6) is 0.0840. The highest BCUT2D eigenvalue weighted by molar-refractivity contribution is 7.22. The average molecular weight is 350 g/mol. The maximum atomic E-state index is 12.7. The summed E-state index contributed by atoms with van der Waals surface area (Å²) < 4.78 is 6.91. The van der Waals surface area contributed by atoms with Crippen LogP contribution >= 0.6 is 11.3 Å². The Morgan fingerprint density at radius 1 is 1.08 bits per heavy atom. The molecule has 1 amide bonds. The van der Waals surface area contributed by atoms with Gasteiger partial charge in [-0.25, -0.2) is 4.98 Å². The fourth-order valence-corrected chi connectivity index (χ4v) is 4.20. The highest BCUT2D eigenvalue weighted by atomic mass is 32.1. The van der Waals surface area contributed by atoms with E-state index in [1.54, 1.807) is 0 Å². The van der Waals surface area contributed by atoms with Gasteiger partial charge in [-0.2, -0.15) is 0 Å². The van der Waals surface area contributed by atoms with Crippen LogP contribution in [0.4, 0.5) is 5.13 Å². The van der Waals surface area contributed by atoms with Crippen molar-refractivity contribution in [3.63, 3.8) is 0 Å². The van der Waals surface area contributed by atoms with Gasteiger partial charge in [0.25, 0.3) is 5.91 Å². The molecule has 4 rings (SSSR count). The SMILES string of the molecule is Cc1cc(C)c2c(C)c(C(=O)Nc3nc4ccc(C)cc4s3)oc2c1. The molecule has 2 heterocycles. The Labute approximate surface area is 149 Å². The molecule has 2 aromatic carbocycles. The molecule has 126 valence electrons. The molecule has 0 fully saturated rings. The van der Waals surface area contributed by atoms with Crippen LogP contribution in [-0.2, 0) is 0 Å². The van der Waals surface area contributed by atoms with Gasteiger partial charge in [-0.05, 0) is 62.6 Å². The molecule has 5 heteroatoms. The third kappa shape index (κ3) is 2.70. The standard InChI is InChI=1S/C20H18N2O2S/c1-10-5-6-14-16(9-10)25-20(21-14)22-19(23)18-13(4)17-12(3)7-11(2)8-15(17)24-18/h5-9H,1-4H3,(H,21,22,23). The van der Waals surface area contributed by atoms with Gasteiger partial charge < -0.3 is 4.42 Å². The molecule has 0 aliphatic carbocycles. The van der Waals surface area contributed by atoms with Crippen molar-refractivity contribution in [3.8, 4) is 0 Å². The number of anilines is 1. The number of benzene rings is 2. The van der Waals surface area contributed by atoms with Crippen LogP contribution in [0, 0.1) is 27.7 Å². The van der Waals surface area contributed by atoms with Crippen LogP contribution in [-0.4, -0.2) is 10.9 Å². The Hall–Kier alpha value is -2.66. The largest absolute Gasteiger partial charge is 0.451 e. The number of rotatable bonds is 2. The van der Waals surface area contributed by atoms with Gasteiger partial charge in [0, 0.05) is 10.9 Å². The number of aromatic nitrogens is 1. The number of fused-ring (bicyclic) bond motifs is 2. The zero-order valence-electron chi connectivity index (χ0n) is 14.6. The lowest BCUT2D eigenvalue weighted by Crippen LogP contribution is -2.11. The molecule has 25 heavy (non-hydrogen) atoms. The van der Waals surface area contributed by atoms with Crippen LogP contribution < -0.4 is 5.32 Å². The lowest BCUT2D eigenvalue weighted by molar-refractivity contribution is 0.0998. The third-order valence-corrected chi connectivity index (χ3v) is 5.28. The van der Waals surface area contributed by atoms with Gasteiger partial charge in [0.1, 0.15) is 5.58 Å². The number of hydrogen-bond donors (Lipinski definition) is 1. The maximum Gasteiger partial charge on any atom is 0.293 e. The minimum absolute atomic E-state index is 0.262. The van der Waals surface area contributed by atoms with E-state index >= 15 is 0 Å². The first-order valence-corrected chi connectivity index (χ1v) is 8.93. The van der Waals surface area contributed by atoms with Crippen LogP contribution in [0.1, 0.15) is 32.8 Å². The quantitative estimate of drug-likeness (QED) is 0.517. The van der Waals surface area contributed by atoms with E-state index in [4.69, 9.17) is 4.42 Å². The molecule has 0 aliphatic heterocycles. The fraction of sp³-hybridized carbons (Fsp3) is 0.200. The second-order valence-corrected chi connectivity index (χ2v) is 7.49. The van der Waals surface area contributed by atoms with Crippen molar-refractivity contribution in [2.24, 2.45) is 0 Å². The predicted molar refractivity (Wildman–Crippen MR) is 103 cm³/mol. The molecule has 0 saturated heterocycles. The molecule has 1 N–H and O–H groups in total. The number of carbonyl (C=O) groups is 1. The van der Waals surface area contributed by atoms with Crippen LogP contribution in [0.2, 0.25) is 0 Å². The average Bonchev–Trinajstić information content (AvgIpc) is 3.07. The Morgan fingerprint density at radius 3 is 2.68 bits per heavy atom. The molecule has 0 unspecified atom stereocenters. The van der Waals surface area contributed by atoms with Crippen molar-refractivity contribution < 1.29 is 9.21 Å². The summed E-state index contributed by atoms with van der Waals surface area (Å²) in [5.41, 5.74) is 5.91. The molecule has 0 atom stereocenters. The summed E-state index contributed by atoms with van der Waals surface area (Å²) in [6.45, 7) is 8.02. The third-order valence-electron chi connectivity index (χ3n) is 4.34. The minimum atomic E-state index is -0.262. The van der Waals surface area contributed by atoms with Crippen molar-refractivity contribution in [2.75, 3.05) is 5.32 Å². The van der Waals surface area contributed by atoms with Crippen molar-refractivity contribution in [3.05, 3.63) is 58.3 Å². The van der Waals surface area contributed by atoms with Gasteiger partial charge in [-0.1, -0.05) is 23.5 Å². The van der Waals surface area contributed by atoms with E-state index in [0.29, 0.717) is 10.9 Å². The Kier molecular flexibility index (Phi) is 3.62. The maximum absolute atomic E-state index is 12.7. The monoisotopic (exact) mass is 350 g/mol. The summed E-state index contributed by atoms with van der Waals surface area (Å²) in [5, 5.41) is 4.47. The fourth-order valence-electron chi connectivity index (χ4n) is 3.25. The molecule has 0 radical (unpaired) electrons. The van der Waals surface area contributed by atoms with Crippen LogP contribution in [0.5, 0.6) is 0 Å². The minimum Gasteiger partial charge on any atom is -0.451 e. The molecule has 0 spiro atoms. The lowest BCUT2D eigenvalue weighted by atomic mass is 10.0. The van der Waals surface area contributed by atoms with Crippen molar-refractivity contribution >= 4 is 43.6 Å². The van der Waals surface area contributed by atoms with Gasteiger partial charge in [0.15, 0.2) is 10.9 Å². The molecule has 0 saturated carbocycles. The lowest BCUT2D eigenvalue weighted by Gasteiger charge is -1.99. The summed E-state index contributed by atoms with van der Waals surface area (Å²) in [6, 6.07) is 10.1. The smallest absolute Gasteiger partial charge is 0.293 e. The van der Waals surface area contributed by atoms with Gasteiger partial charge in [0.05, 0.1) is 10.2 Å². The van der Waals surface area contributed by atoms with Gasteiger partial charge in [-0.3, -0.25) is 10.1 Å². The molecule has 4 nitrogen and oxygen atoms in total. The number of amides is 1. The Morgan fingerprint density at radius 2 is 1.88 bits per heavy atom. The van der Waals surface area contributed by atoms with E-state index in [-0.39, 0.29) is 5.91 Å². The second-order valence-electron chi connectivity index (χ2n) is 6.46. The van der Waals surface area contributed by atoms with E-state index in [1.807, 2.05) is 45.9 Å². The zero-order valence-corrected chi connectivity index (χ0v) is 15.4. The van der Waals surface area contributed by atoms with E-state index in [0.717, 1.165) is 37.9 Å². The molecular formula is C20H18N2O2S. The van der Waals surface area contributed by atoms with E-state index in [9.17, 15) is 4.79 Å². The van der Waals surface area contributed by atoms with E-state index in [2.05, 4.69) is 22.4 Å². The summed E-state index contributed by atoms with van der Waals surface area (Å²) in [6.07, 6.45) is 0. The topological polar surface area (TPSA) is 55.1 Å². The number of nitrogens with one attached hydrogen (secondary N) is 1. The normalized spacial score (nSPS) is 11.4. The molecule has 0 bridgehead atoms. The van der Waals surface area contributed by atoms with Crippen LogP contribution in [0.25, 0.3) is 21.2 Å². The molecule has 4 aromatic rings. The number of thiazole rings is 1. The highest BCUT2D eigenvalue weighted by Gasteiger charge is 2.20. The number of carbonyl (C=O) groups excluding carboxylic acids is 1. The molecule has 0 aliphatic rings. The molecule has 2 aromatic heterocycles. The van der Waals surface area contributed by atoms with Gasteiger partial charge in [-0.15, -0.1) is 0 Å².